The Balaban J connectivity index is 1.92. The predicted molar refractivity (Wildman–Crippen MR) is 103 cm³/mol. The van der Waals surface area contributed by atoms with Gasteiger partial charge in [-0.15, -0.1) is 0 Å². The second kappa shape index (κ2) is 7.54. The van der Waals surface area contributed by atoms with E-state index < -0.39 is 24.4 Å². The van der Waals surface area contributed by atoms with Gasteiger partial charge in [0.1, 0.15) is 18.7 Å². The Morgan fingerprint density at radius 3 is 2.63 bits per heavy atom. The highest BCUT2D eigenvalue weighted by atomic mass is 19.4. The number of rotatable bonds is 4. The standard InChI is InChI=1S/C19H22F3N5O3/c1-18(2,3)29-17(28)26(4)9-15-24-16(25-30-15)14-8-11-12(23)6-5-7-13(11)27(14)10-19(20,21)22/h5-8H,9-10,23H2,1-4H3. The van der Waals surface area contributed by atoms with Crippen LogP contribution in [0.2, 0.25) is 0 Å². The van der Waals surface area contributed by atoms with Crippen LogP contribution < -0.4 is 5.73 Å². The molecule has 0 spiro atoms. The van der Waals surface area contributed by atoms with E-state index in [4.69, 9.17) is 15.0 Å². The number of hydrogen-bond acceptors (Lipinski definition) is 6. The third-order valence-electron chi connectivity index (χ3n) is 4.09. The smallest absolute Gasteiger partial charge is 0.410 e. The summed E-state index contributed by atoms with van der Waals surface area (Å²) in [6.07, 6.45) is -5.06. The summed E-state index contributed by atoms with van der Waals surface area (Å²) < 4.78 is 50.9. The summed E-state index contributed by atoms with van der Waals surface area (Å²) in [4.78, 5) is 17.5. The molecule has 30 heavy (non-hydrogen) atoms. The molecule has 0 saturated carbocycles. The number of nitrogen functional groups attached to an aromatic ring is 1. The summed E-state index contributed by atoms with van der Waals surface area (Å²) in [6, 6.07) is 6.20. The quantitative estimate of drug-likeness (QED) is 0.629. The zero-order chi connectivity index (χ0) is 22.3. The molecule has 2 heterocycles. The first-order valence-electron chi connectivity index (χ1n) is 9.05. The highest BCUT2D eigenvalue weighted by Gasteiger charge is 2.31. The van der Waals surface area contributed by atoms with E-state index in [1.807, 2.05) is 0 Å². The van der Waals surface area contributed by atoms with Crippen LogP contribution >= 0.6 is 0 Å². The van der Waals surface area contributed by atoms with Crippen LogP contribution in [-0.2, 0) is 17.8 Å². The Bertz CT molecular complexity index is 1070. The molecule has 162 valence electrons. The fraction of sp³-hybridized carbons (Fsp3) is 0.421. The summed E-state index contributed by atoms with van der Waals surface area (Å²) in [6.45, 7) is 3.89. The zero-order valence-electron chi connectivity index (χ0n) is 16.9. The number of fused-ring (bicyclic) bond motifs is 1. The lowest BCUT2D eigenvalue weighted by Crippen LogP contribution is -2.33. The number of benzene rings is 1. The van der Waals surface area contributed by atoms with Gasteiger partial charge in [-0.25, -0.2) is 4.79 Å². The molecule has 0 saturated heterocycles. The number of amides is 1. The van der Waals surface area contributed by atoms with Crippen molar-refractivity contribution in [2.75, 3.05) is 12.8 Å². The number of hydrogen-bond donors (Lipinski definition) is 1. The maximum atomic E-state index is 13.2. The molecule has 3 aromatic rings. The molecule has 0 bridgehead atoms. The molecule has 0 atom stereocenters. The van der Waals surface area contributed by atoms with E-state index >= 15 is 0 Å². The molecule has 11 heteroatoms. The number of nitrogens with two attached hydrogens (primary N) is 1. The molecule has 0 unspecified atom stereocenters. The van der Waals surface area contributed by atoms with Gasteiger partial charge >= 0.3 is 12.3 Å². The van der Waals surface area contributed by atoms with Gasteiger partial charge in [-0.2, -0.15) is 18.2 Å². The van der Waals surface area contributed by atoms with Crippen LogP contribution in [0.1, 0.15) is 26.7 Å². The first-order chi connectivity index (χ1) is 13.8. The minimum atomic E-state index is -4.46. The van der Waals surface area contributed by atoms with E-state index in [0.717, 1.165) is 4.57 Å². The molecule has 2 N–H and O–H groups in total. The van der Waals surface area contributed by atoms with Crippen molar-refractivity contribution in [2.24, 2.45) is 0 Å². The van der Waals surface area contributed by atoms with Crippen molar-refractivity contribution in [2.45, 2.75) is 45.6 Å². The summed E-state index contributed by atoms with van der Waals surface area (Å²) in [5, 5.41) is 4.25. The summed E-state index contributed by atoms with van der Waals surface area (Å²) >= 11 is 0. The average molecular weight is 425 g/mol. The number of carbonyl (C=O) groups excluding carboxylic acids is 1. The highest BCUT2D eigenvalue weighted by Crippen LogP contribution is 2.33. The molecule has 0 radical (unpaired) electrons. The van der Waals surface area contributed by atoms with Gasteiger partial charge in [0.15, 0.2) is 0 Å². The Morgan fingerprint density at radius 2 is 2.00 bits per heavy atom. The second-order valence-corrected chi connectivity index (χ2v) is 7.86. The van der Waals surface area contributed by atoms with E-state index in [1.54, 1.807) is 32.9 Å². The topological polar surface area (TPSA) is 99.4 Å². The van der Waals surface area contributed by atoms with E-state index in [9.17, 15) is 18.0 Å². The van der Waals surface area contributed by atoms with Gasteiger partial charge in [-0.1, -0.05) is 11.2 Å². The lowest BCUT2D eigenvalue weighted by atomic mass is 10.2. The van der Waals surface area contributed by atoms with Gasteiger partial charge in [0.05, 0.1) is 11.2 Å². The van der Waals surface area contributed by atoms with Crippen molar-refractivity contribution in [3.05, 3.63) is 30.2 Å². The monoisotopic (exact) mass is 425 g/mol. The van der Waals surface area contributed by atoms with E-state index in [-0.39, 0.29) is 24.0 Å². The van der Waals surface area contributed by atoms with E-state index in [1.165, 1.54) is 24.1 Å². The van der Waals surface area contributed by atoms with Crippen LogP contribution in [0.15, 0.2) is 28.8 Å². The first kappa shape index (κ1) is 21.5. The number of aromatic nitrogens is 3. The normalized spacial score (nSPS) is 12.4. The van der Waals surface area contributed by atoms with Crippen molar-refractivity contribution in [3.8, 4) is 11.5 Å². The van der Waals surface area contributed by atoms with Crippen molar-refractivity contribution in [1.29, 1.82) is 0 Å². The maximum Gasteiger partial charge on any atom is 0.410 e. The van der Waals surface area contributed by atoms with Crippen molar-refractivity contribution >= 4 is 22.7 Å². The number of anilines is 1. The van der Waals surface area contributed by atoms with Gasteiger partial charge in [0.2, 0.25) is 11.7 Å². The number of alkyl halides is 3. The lowest BCUT2D eigenvalue weighted by Gasteiger charge is -2.23. The van der Waals surface area contributed by atoms with Gasteiger partial charge in [0.25, 0.3) is 0 Å². The molecule has 1 amide bonds. The van der Waals surface area contributed by atoms with Crippen LogP contribution in [0.5, 0.6) is 0 Å². The molecular formula is C19H22F3N5O3. The van der Waals surface area contributed by atoms with Crippen LogP contribution in [-0.4, -0.2) is 44.5 Å². The van der Waals surface area contributed by atoms with Crippen LogP contribution in [0, 0.1) is 0 Å². The highest BCUT2D eigenvalue weighted by molar-refractivity contribution is 5.95. The van der Waals surface area contributed by atoms with Gasteiger partial charge in [-0.3, -0.25) is 0 Å². The fourth-order valence-corrected chi connectivity index (χ4v) is 2.87. The molecule has 8 nitrogen and oxygen atoms in total. The number of carbonyl (C=O) groups is 1. The molecule has 0 aliphatic heterocycles. The molecule has 2 aromatic heterocycles. The Kier molecular flexibility index (Phi) is 5.40. The van der Waals surface area contributed by atoms with Crippen LogP contribution in [0.4, 0.5) is 23.7 Å². The molecule has 1 aromatic carbocycles. The Labute approximate surface area is 170 Å². The second-order valence-electron chi connectivity index (χ2n) is 7.86. The molecule has 0 fully saturated rings. The summed E-state index contributed by atoms with van der Waals surface area (Å²) in [5.41, 5.74) is 5.99. The minimum Gasteiger partial charge on any atom is -0.444 e. The minimum absolute atomic E-state index is 0.0394. The van der Waals surface area contributed by atoms with Gasteiger partial charge < -0.3 is 24.5 Å². The number of halogens is 3. The molecule has 0 aliphatic carbocycles. The van der Waals surface area contributed by atoms with Crippen molar-refractivity contribution < 1.29 is 27.2 Å². The van der Waals surface area contributed by atoms with Gasteiger partial charge in [0, 0.05) is 18.1 Å². The maximum absolute atomic E-state index is 13.2. The van der Waals surface area contributed by atoms with Crippen LogP contribution in [0.3, 0.4) is 0 Å². The third kappa shape index (κ3) is 4.84. The largest absolute Gasteiger partial charge is 0.444 e. The van der Waals surface area contributed by atoms with E-state index in [2.05, 4.69) is 10.1 Å². The third-order valence-corrected chi connectivity index (χ3v) is 4.09. The Morgan fingerprint density at radius 1 is 1.30 bits per heavy atom. The van der Waals surface area contributed by atoms with E-state index in [0.29, 0.717) is 16.6 Å². The number of ether oxygens (including phenoxy) is 1. The first-order valence-corrected chi connectivity index (χ1v) is 9.05. The summed E-state index contributed by atoms with van der Waals surface area (Å²) in [7, 11) is 1.49. The number of nitrogens with zero attached hydrogens (tertiary/aromatic N) is 4. The Hall–Kier alpha value is -3.24. The molecule has 0 aliphatic rings. The lowest BCUT2D eigenvalue weighted by molar-refractivity contribution is -0.139. The fourth-order valence-electron chi connectivity index (χ4n) is 2.87. The molecular weight excluding hydrogens is 403 g/mol. The zero-order valence-corrected chi connectivity index (χ0v) is 16.9. The van der Waals surface area contributed by atoms with Crippen molar-refractivity contribution in [3.63, 3.8) is 0 Å². The van der Waals surface area contributed by atoms with Crippen LogP contribution in [0.25, 0.3) is 22.4 Å². The average Bonchev–Trinajstić information content (AvgIpc) is 3.18. The SMILES string of the molecule is CN(Cc1nc(-c2cc3c(N)cccc3n2CC(F)(F)F)no1)C(=O)OC(C)(C)C. The molecule has 3 rings (SSSR count). The predicted octanol–water partition coefficient (Wildman–Crippen LogP) is 4.20. The summed E-state index contributed by atoms with van der Waals surface area (Å²) in [5.74, 6) is 0.0117. The van der Waals surface area contributed by atoms with Gasteiger partial charge in [-0.05, 0) is 39.0 Å². The van der Waals surface area contributed by atoms with Crippen molar-refractivity contribution in [1.82, 2.24) is 19.6 Å².